The zero-order chi connectivity index (χ0) is 17.6. The molecule has 0 unspecified atom stereocenters. The van der Waals surface area contributed by atoms with Crippen molar-refractivity contribution >= 4 is 17.6 Å². The number of nitrogens with two attached hydrogens (primary N) is 1. The zero-order valence-electron chi connectivity index (χ0n) is 14.0. The Morgan fingerprint density at radius 2 is 1.96 bits per heavy atom. The van der Waals surface area contributed by atoms with Crippen molar-refractivity contribution in [2.24, 2.45) is 5.73 Å². The van der Waals surface area contributed by atoms with E-state index >= 15 is 0 Å². The lowest BCUT2D eigenvalue weighted by atomic mass is 10.1. The second-order valence-corrected chi connectivity index (χ2v) is 6.20. The molecular formula is C19H22N4O2. The van der Waals surface area contributed by atoms with Crippen LogP contribution in [0.3, 0.4) is 0 Å². The maximum atomic E-state index is 12.3. The molecule has 0 spiro atoms. The Morgan fingerprint density at radius 3 is 2.64 bits per heavy atom. The third-order valence-corrected chi connectivity index (χ3v) is 4.44. The summed E-state index contributed by atoms with van der Waals surface area (Å²) in [5.41, 5.74) is 8.31. The molecule has 1 atom stereocenters. The third-order valence-electron chi connectivity index (χ3n) is 4.44. The predicted molar refractivity (Wildman–Crippen MR) is 96.0 cm³/mol. The van der Waals surface area contributed by atoms with Gasteiger partial charge in [0.25, 0.3) is 0 Å². The van der Waals surface area contributed by atoms with Gasteiger partial charge in [0.15, 0.2) is 0 Å². The minimum atomic E-state index is -0.502. The molecule has 1 aromatic carbocycles. The fourth-order valence-electron chi connectivity index (χ4n) is 3.07. The first-order chi connectivity index (χ1) is 12.1. The highest BCUT2D eigenvalue weighted by Gasteiger charge is 2.32. The van der Waals surface area contributed by atoms with Crippen molar-refractivity contribution in [3.8, 4) is 0 Å². The first-order valence-electron chi connectivity index (χ1n) is 8.49. The Kier molecular flexibility index (Phi) is 5.28. The van der Waals surface area contributed by atoms with Crippen LogP contribution in [0.15, 0.2) is 48.7 Å². The summed E-state index contributed by atoms with van der Waals surface area (Å²) in [5, 5.41) is 2.84. The lowest BCUT2D eigenvalue weighted by Gasteiger charge is -2.22. The van der Waals surface area contributed by atoms with E-state index in [0.717, 1.165) is 25.0 Å². The number of rotatable bonds is 5. The molecule has 3 rings (SSSR count). The van der Waals surface area contributed by atoms with E-state index < -0.39 is 11.9 Å². The summed E-state index contributed by atoms with van der Waals surface area (Å²) in [7, 11) is 0. The number of hydrogen-bond donors (Lipinski definition) is 2. The number of aryl methyl sites for hydroxylation is 2. The van der Waals surface area contributed by atoms with Crippen molar-refractivity contribution < 1.29 is 9.59 Å². The first kappa shape index (κ1) is 17.0. The molecule has 2 heterocycles. The summed E-state index contributed by atoms with van der Waals surface area (Å²) >= 11 is 0. The second kappa shape index (κ2) is 7.79. The molecule has 0 bridgehead atoms. The van der Waals surface area contributed by atoms with E-state index in [-0.39, 0.29) is 6.03 Å². The number of urea groups is 1. The molecular weight excluding hydrogens is 316 g/mol. The Morgan fingerprint density at radius 1 is 1.16 bits per heavy atom. The standard InChI is InChI=1S/C19H22N4O2/c20-18(24)17-5-3-13-23(17)19(25)22-16-10-7-14(8-11-16)6-9-15-4-1-2-12-21-15/h1-2,4,7-8,10-12,17H,3,5-6,9,13H2,(H2,20,24)(H,22,25)/t17-/m1/s1. The van der Waals surface area contributed by atoms with E-state index in [4.69, 9.17) is 5.73 Å². The van der Waals surface area contributed by atoms with Crippen LogP contribution in [0.4, 0.5) is 10.5 Å². The number of carbonyl (C=O) groups excluding carboxylic acids is 2. The summed E-state index contributed by atoms with van der Waals surface area (Å²) in [4.78, 5) is 29.5. The monoisotopic (exact) mass is 338 g/mol. The highest BCUT2D eigenvalue weighted by Crippen LogP contribution is 2.19. The molecule has 2 aromatic rings. The van der Waals surface area contributed by atoms with Gasteiger partial charge >= 0.3 is 6.03 Å². The van der Waals surface area contributed by atoms with Crippen LogP contribution in [-0.4, -0.2) is 34.4 Å². The SMILES string of the molecule is NC(=O)[C@H]1CCCN1C(=O)Nc1ccc(CCc2ccccn2)cc1. The van der Waals surface area contributed by atoms with Crippen molar-refractivity contribution in [1.82, 2.24) is 9.88 Å². The molecule has 1 fully saturated rings. The van der Waals surface area contributed by atoms with Crippen molar-refractivity contribution in [2.45, 2.75) is 31.7 Å². The van der Waals surface area contributed by atoms with Gasteiger partial charge in [-0.25, -0.2) is 4.79 Å². The van der Waals surface area contributed by atoms with Gasteiger partial charge < -0.3 is 16.0 Å². The molecule has 1 saturated heterocycles. The van der Waals surface area contributed by atoms with Gasteiger partial charge in [-0.2, -0.15) is 0 Å². The molecule has 0 aliphatic carbocycles. The minimum Gasteiger partial charge on any atom is -0.368 e. The molecule has 3 amide bonds. The molecule has 130 valence electrons. The Balaban J connectivity index is 1.55. The van der Waals surface area contributed by atoms with Gasteiger partial charge in [-0.1, -0.05) is 18.2 Å². The van der Waals surface area contributed by atoms with Crippen LogP contribution in [0, 0.1) is 0 Å². The summed E-state index contributed by atoms with van der Waals surface area (Å²) in [6, 6.07) is 12.9. The van der Waals surface area contributed by atoms with Gasteiger partial charge in [-0.3, -0.25) is 9.78 Å². The van der Waals surface area contributed by atoms with Gasteiger partial charge in [-0.15, -0.1) is 0 Å². The average Bonchev–Trinajstić information content (AvgIpc) is 3.12. The Labute approximate surface area is 147 Å². The zero-order valence-corrected chi connectivity index (χ0v) is 14.0. The average molecular weight is 338 g/mol. The Bertz CT molecular complexity index is 731. The maximum Gasteiger partial charge on any atom is 0.322 e. The number of aromatic nitrogens is 1. The number of hydrogen-bond acceptors (Lipinski definition) is 3. The van der Waals surface area contributed by atoms with Gasteiger partial charge in [0.05, 0.1) is 0 Å². The number of nitrogens with one attached hydrogen (secondary N) is 1. The van der Waals surface area contributed by atoms with Crippen LogP contribution < -0.4 is 11.1 Å². The van der Waals surface area contributed by atoms with Crippen LogP contribution in [0.25, 0.3) is 0 Å². The molecule has 0 radical (unpaired) electrons. The number of amides is 3. The van der Waals surface area contributed by atoms with Gasteiger partial charge in [0.2, 0.25) is 5.91 Å². The van der Waals surface area contributed by atoms with Crippen LogP contribution in [0.1, 0.15) is 24.1 Å². The highest BCUT2D eigenvalue weighted by atomic mass is 16.2. The van der Waals surface area contributed by atoms with Crippen molar-refractivity contribution in [3.05, 3.63) is 59.9 Å². The van der Waals surface area contributed by atoms with Crippen molar-refractivity contribution in [3.63, 3.8) is 0 Å². The molecule has 1 aliphatic rings. The lowest BCUT2D eigenvalue weighted by molar-refractivity contribution is -0.121. The predicted octanol–water partition coefficient (Wildman–Crippen LogP) is 2.35. The molecule has 0 saturated carbocycles. The fourth-order valence-corrected chi connectivity index (χ4v) is 3.07. The number of likely N-dealkylation sites (tertiary alicyclic amines) is 1. The Hall–Kier alpha value is -2.89. The van der Waals surface area contributed by atoms with Crippen LogP contribution >= 0.6 is 0 Å². The van der Waals surface area contributed by atoms with Crippen molar-refractivity contribution in [1.29, 1.82) is 0 Å². The van der Waals surface area contributed by atoms with Gasteiger partial charge in [0.1, 0.15) is 6.04 Å². The van der Waals surface area contributed by atoms with E-state index in [2.05, 4.69) is 10.3 Å². The largest absolute Gasteiger partial charge is 0.368 e. The van der Waals surface area contributed by atoms with Gasteiger partial charge in [-0.05, 0) is 55.5 Å². The molecule has 25 heavy (non-hydrogen) atoms. The highest BCUT2D eigenvalue weighted by molar-refractivity contribution is 5.93. The number of primary amides is 1. The third kappa shape index (κ3) is 4.35. The maximum absolute atomic E-state index is 12.3. The van der Waals surface area contributed by atoms with E-state index in [1.807, 2.05) is 42.5 Å². The quantitative estimate of drug-likeness (QED) is 0.877. The number of anilines is 1. The van der Waals surface area contributed by atoms with E-state index in [0.29, 0.717) is 18.7 Å². The molecule has 1 aliphatic heterocycles. The van der Waals surface area contributed by atoms with Crippen LogP contribution in [0.5, 0.6) is 0 Å². The summed E-state index contributed by atoms with van der Waals surface area (Å²) in [6.07, 6.45) is 5.00. The molecule has 6 nitrogen and oxygen atoms in total. The van der Waals surface area contributed by atoms with Gasteiger partial charge in [0, 0.05) is 24.1 Å². The summed E-state index contributed by atoms with van der Waals surface area (Å²) in [6.45, 7) is 0.557. The van der Waals surface area contributed by atoms with Crippen molar-refractivity contribution in [2.75, 3.05) is 11.9 Å². The van der Waals surface area contributed by atoms with Crippen LogP contribution in [0.2, 0.25) is 0 Å². The molecule has 1 aromatic heterocycles. The molecule has 3 N–H and O–H groups in total. The normalized spacial score (nSPS) is 16.6. The van der Waals surface area contributed by atoms with E-state index in [1.54, 1.807) is 6.20 Å². The second-order valence-electron chi connectivity index (χ2n) is 6.20. The number of benzene rings is 1. The fraction of sp³-hybridized carbons (Fsp3) is 0.316. The first-order valence-corrected chi connectivity index (χ1v) is 8.49. The number of pyridine rings is 1. The lowest BCUT2D eigenvalue weighted by Crippen LogP contribution is -2.45. The molecule has 6 heteroatoms. The van der Waals surface area contributed by atoms with E-state index in [9.17, 15) is 9.59 Å². The summed E-state index contributed by atoms with van der Waals surface area (Å²) in [5.74, 6) is -0.447. The number of carbonyl (C=O) groups is 2. The smallest absolute Gasteiger partial charge is 0.322 e. The number of nitrogens with zero attached hydrogens (tertiary/aromatic N) is 2. The van der Waals surface area contributed by atoms with Crippen LogP contribution in [-0.2, 0) is 17.6 Å². The minimum absolute atomic E-state index is 0.275. The topological polar surface area (TPSA) is 88.3 Å². The summed E-state index contributed by atoms with van der Waals surface area (Å²) < 4.78 is 0. The van der Waals surface area contributed by atoms with E-state index in [1.165, 1.54) is 10.5 Å².